The standard InChI is InChI=1S/C15H14N2O/c1-11-9-14-13(15(18)16-11)7-8-17(14)10-12-5-3-2-4-6-12/h2-9H,10H2,1H3,(H,16,18). The Morgan fingerprint density at radius 3 is 2.72 bits per heavy atom. The molecule has 90 valence electrons. The number of nitrogens with zero attached hydrogens (tertiary/aromatic N) is 1. The van der Waals surface area contributed by atoms with E-state index in [0.29, 0.717) is 0 Å². The van der Waals surface area contributed by atoms with E-state index in [-0.39, 0.29) is 5.56 Å². The van der Waals surface area contributed by atoms with Crippen molar-refractivity contribution >= 4 is 10.9 Å². The fraction of sp³-hybridized carbons (Fsp3) is 0.133. The third kappa shape index (κ3) is 1.84. The van der Waals surface area contributed by atoms with Gasteiger partial charge in [0, 0.05) is 18.4 Å². The molecule has 0 aliphatic carbocycles. The summed E-state index contributed by atoms with van der Waals surface area (Å²) in [5.74, 6) is 0. The molecule has 1 N–H and O–H groups in total. The summed E-state index contributed by atoms with van der Waals surface area (Å²) in [5, 5.41) is 0.747. The summed E-state index contributed by atoms with van der Waals surface area (Å²) in [6, 6.07) is 14.1. The second-order valence-electron chi connectivity index (χ2n) is 4.51. The second kappa shape index (κ2) is 4.18. The van der Waals surface area contributed by atoms with Gasteiger partial charge in [0.1, 0.15) is 0 Å². The zero-order valence-electron chi connectivity index (χ0n) is 10.2. The largest absolute Gasteiger partial charge is 0.343 e. The number of pyridine rings is 1. The Labute approximate surface area is 105 Å². The molecule has 0 fully saturated rings. The number of hydrogen-bond donors (Lipinski definition) is 1. The molecule has 0 bridgehead atoms. The van der Waals surface area contributed by atoms with E-state index < -0.39 is 0 Å². The van der Waals surface area contributed by atoms with Crippen LogP contribution in [0.1, 0.15) is 11.3 Å². The molecule has 0 amide bonds. The van der Waals surface area contributed by atoms with Crippen LogP contribution in [0, 0.1) is 6.92 Å². The molecule has 2 heterocycles. The molecule has 0 spiro atoms. The molecule has 0 atom stereocenters. The van der Waals surface area contributed by atoms with Gasteiger partial charge in [-0.05, 0) is 24.6 Å². The summed E-state index contributed by atoms with van der Waals surface area (Å²) >= 11 is 0. The van der Waals surface area contributed by atoms with E-state index in [1.807, 2.05) is 43.5 Å². The Morgan fingerprint density at radius 1 is 1.17 bits per heavy atom. The van der Waals surface area contributed by atoms with Gasteiger partial charge in [-0.2, -0.15) is 0 Å². The van der Waals surface area contributed by atoms with Crippen LogP contribution in [0.4, 0.5) is 0 Å². The van der Waals surface area contributed by atoms with Gasteiger partial charge in [0.05, 0.1) is 10.9 Å². The summed E-state index contributed by atoms with van der Waals surface area (Å²) in [7, 11) is 0. The first-order chi connectivity index (χ1) is 8.74. The summed E-state index contributed by atoms with van der Waals surface area (Å²) < 4.78 is 2.10. The van der Waals surface area contributed by atoms with Gasteiger partial charge in [0.15, 0.2) is 0 Å². The minimum Gasteiger partial charge on any atom is -0.343 e. The molecule has 1 aromatic carbocycles. The third-order valence-electron chi connectivity index (χ3n) is 3.11. The average Bonchev–Trinajstić information content (AvgIpc) is 2.74. The van der Waals surface area contributed by atoms with Crippen molar-refractivity contribution in [3.63, 3.8) is 0 Å². The maximum atomic E-state index is 11.8. The molecule has 18 heavy (non-hydrogen) atoms. The fourth-order valence-electron chi connectivity index (χ4n) is 2.24. The number of fused-ring (bicyclic) bond motifs is 1. The number of aromatic amines is 1. The molecule has 0 radical (unpaired) electrons. The highest BCUT2D eigenvalue weighted by Crippen LogP contribution is 2.14. The average molecular weight is 238 g/mol. The Kier molecular flexibility index (Phi) is 2.52. The zero-order chi connectivity index (χ0) is 12.5. The van der Waals surface area contributed by atoms with Crippen LogP contribution < -0.4 is 5.56 Å². The van der Waals surface area contributed by atoms with Crippen LogP contribution in [-0.4, -0.2) is 9.55 Å². The van der Waals surface area contributed by atoms with E-state index in [2.05, 4.69) is 21.7 Å². The number of H-pyrrole nitrogens is 1. The predicted octanol–water partition coefficient (Wildman–Crippen LogP) is 2.69. The molecule has 3 rings (SSSR count). The summed E-state index contributed by atoms with van der Waals surface area (Å²) in [6.07, 6.45) is 1.96. The molecule has 0 unspecified atom stereocenters. The molecule has 0 aliphatic rings. The lowest BCUT2D eigenvalue weighted by Crippen LogP contribution is -2.07. The zero-order valence-corrected chi connectivity index (χ0v) is 10.2. The molecular weight excluding hydrogens is 224 g/mol. The summed E-state index contributed by atoms with van der Waals surface area (Å²) in [4.78, 5) is 14.6. The van der Waals surface area contributed by atoms with Crippen molar-refractivity contribution in [3.05, 3.63) is 70.3 Å². The Balaban J connectivity index is 2.11. The first-order valence-electron chi connectivity index (χ1n) is 5.97. The van der Waals surface area contributed by atoms with E-state index in [1.165, 1.54) is 5.56 Å². The van der Waals surface area contributed by atoms with Gasteiger partial charge in [-0.25, -0.2) is 0 Å². The lowest BCUT2D eigenvalue weighted by atomic mass is 10.2. The van der Waals surface area contributed by atoms with Gasteiger partial charge < -0.3 is 9.55 Å². The highest BCUT2D eigenvalue weighted by atomic mass is 16.1. The minimum atomic E-state index is -0.0168. The molecule has 3 aromatic rings. The summed E-state index contributed by atoms with van der Waals surface area (Å²) in [6.45, 7) is 2.69. The van der Waals surface area contributed by atoms with Crippen molar-refractivity contribution in [3.8, 4) is 0 Å². The van der Waals surface area contributed by atoms with Crippen molar-refractivity contribution in [2.24, 2.45) is 0 Å². The van der Waals surface area contributed by atoms with Crippen LogP contribution in [0.3, 0.4) is 0 Å². The third-order valence-corrected chi connectivity index (χ3v) is 3.11. The smallest absolute Gasteiger partial charge is 0.257 e. The Morgan fingerprint density at radius 2 is 1.94 bits per heavy atom. The Bertz CT molecular complexity index is 738. The normalized spacial score (nSPS) is 10.9. The van der Waals surface area contributed by atoms with Gasteiger partial charge >= 0.3 is 0 Å². The highest BCUT2D eigenvalue weighted by Gasteiger charge is 2.05. The number of aryl methyl sites for hydroxylation is 1. The van der Waals surface area contributed by atoms with E-state index in [1.54, 1.807) is 0 Å². The van der Waals surface area contributed by atoms with E-state index in [0.717, 1.165) is 23.1 Å². The number of benzene rings is 1. The number of rotatable bonds is 2. The van der Waals surface area contributed by atoms with Crippen molar-refractivity contribution in [2.45, 2.75) is 13.5 Å². The van der Waals surface area contributed by atoms with E-state index in [4.69, 9.17) is 0 Å². The monoisotopic (exact) mass is 238 g/mol. The van der Waals surface area contributed by atoms with Gasteiger partial charge in [-0.15, -0.1) is 0 Å². The van der Waals surface area contributed by atoms with Crippen LogP contribution in [0.15, 0.2) is 53.5 Å². The van der Waals surface area contributed by atoms with Gasteiger partial charge in [-0.1, -0.05) is 30.3 Å². The van der Waals surface area contributed by atoms with E-state index >= 15 is 0 Å². The lowest BCUT2D eigenvalue weighted by molar-refractivity contribution is 0.835. The van der Waals surface area contributed by atoms with Crippen LogP contribution >= 0.6 is 0 Å². The SMILES string of the molecule is Cc1cc2c(ccn2Cc2ccccc2)c(=O)[nH]1. The predicted molar refractivity (Wildman–Crippen MR) is 72.8 cm³/mol. The van der Waals surface area contributed by atoms with Crippen LogP contribution in [0.2, 0.25) is 0 Å². The van der Waals surface area contributed by atoms with Crippen LogP contribution in [-0.2, 0) is 6.54 Å². The van der Waals surface area contributed by atoms with Crippen LogP contribution in [0.25, 0.3) is 10.9 Å². The van der Waals surface area contributed by atoms with Gasteiger partial charge in [0.2, 0.25) is 0 Å². The maximum absolute atomic E-state index is 11.8. The fourth-order valence-corrected chi connectivity index (χ4v) is 2.24. The van der Waals surface area contributed by atoms with Gasteiger partial charge in [-0.3, -0.25) is 4.79 Å². The van der Waals surface area contributed by atoms with Crippen molar-refractivity contribution < 1.29 is 0 Å². The number of hydrogen-bond acceptors (Lipinski definition) is 1. The molecule has 3 nitrogen and oxygen atoms in total. The maximum Gasteiger partial charge on any atom is 0.257 e. The summed E-state index contributed by atoms with van der Waals surface area (Å²) in [5.41, 5.74) is 3.09. The van der Waals surface area contributed by atoms with Crippen molar-refractivity contribution in [1.82, 2.24) is 9.55 Å². The first-order valence-corrected chi connectivity index (χ1v) is 5.97. The minimum absolute atomic E-state index is 0.0168. The van der Waals surface area contributed by atoms with Crippen molar-refractivity contribution in [1.29, 1.82) is 0 Å². The number of aromatic nitrogens is 2. The molecule has 0 saturated carbocycles. The molecule has 0 saturated heterocycles. The number of nitrogens with one attached hydrogen (secondary N) is 1. The Hall–Kier alpha value is -2.29. The molecule has 2 aromatic heterocycles. The molecule has 3 heteroatoms. The van der Waals surface area contributed by atoms with Crippen molar-refractivity contribution in [2.75, 3.05) is 0 Å². The second-order valence-corrected chi connectivity index (χ2v) is 4.51. The first kappa shape index (κ1) is 10.8. The molecule has 0 aliphatic heterocycles. The molecular formula is C15H14N2O. The van der Waals surface area contributed by atoms with E-state index in [9.17, 15) is 4.79 Å². The van der Waals surface area contributed by atoms with Crippen LogP contribution in [0.5, 0.6) is 0 Å². The lowest BCUT2D eigenvalue weighted by Gasteiger charge is -2.05. The van der Waals surface area contributed by atoms with Gasteiger partial charge in [0.25, 0.3) is 5.56 Å². The highest BCUT2D eigenvalue weighted by molar-refractivity contribution is 5.79. The quantitative estimate of drug-likeness (QED) is 0.732. The topological polar surface area (TPSA) is 37.8 Å².